The van der Waals surface area contributed by atoms with Crippen molar-refractivity contribution >= 4 is 5.96 Å². The molecule has 2 fully saturated rings. The summed E-state index contributed by atoms with van der Waals surface area (Å²) < 4.78 is 12.4. The molecule has 0 radical (unpaired) electrons. The van der Waals surface area contributed by atoms with E-state index in [2.05, 4.69) is 33.6 Å². The zero-order valence-corrected chi connectivity index (χ0v) is 38.6. The van der Waals surface area contributed by atoms with Gasteiger partial charge in [-0.2, -0.15) is 0 Å². The number of rotatable bonds is 26. The third kappa shape index (κ3) is 15.0. The summed E-state index contributed by atoms with van der Waals surface area (Å²) in [5, 5.41) is 48.9. The highest BCUT2D eigenvalue weighted by Gasteiger charge is 2.38. The number of aliphatic hydroxyl groups excluding tert-OH is 3. The number of aliphatic imine (C=N–C) groups is 1. The molecule has 12 heteroatoms. The Bertz CT molecular complexity index is 1820. The number of unbranched alkanes of at least 4 members (excludes halogenated alkanes) is 1. The maximum Gasteiger partial charge on any atom is 0.188 e. The molecule has 352 valence electrons. The number of hydrogen-bond acceptors (Lipinski definition) is 9. The minimum atomic E-state index is -0.881. The molecule has 3 aliphatic carbocycles. The fourth-order valence-corrected chi connectivity index (χ4v) is 10.8. The highest BCUT2D eigenvalue weighted by atomic mass is 16.5. The monoisotopic (exact) mass is 875 g/mol. The second-order valence-electron chi connectivity index (χ2n) is 19.5. The van der Waals surface area contributed by atoms with Gasteiger partial charge in [0.25, 0.3) is 0 Å². The highest BCUT2D eigenvalue weighted by Crippen LogP contribution is 2.47. The maximum absolute atomic E-state index is 11.3. The number of furan rings is 1. The lowest BCUT2D eigenvalue weighted by Crippen LogP contribution is -2.41. The number of guanidine groups is 1. The van der Waals surface area contributed by atoms with Gasteiger partial charge < -0.3 is 56.7 Å². The van der Waals surface area contributed by atoms with Gasteiger partial charge in [0.2, 0.25) is 0 Å². The first-order valence-corrected chi connectivity index (χ1v) is 24.8. The molecule has 12 nitrogen and oxygen atoms in total. The minimum Gasteiger partial charge on any atom is -0.504 e. The number of ether oxygens (including phenoxy) is 1. The lowest BCUT2D eigenvalue weighted by atomic mass is 9.80. The number of aliphatic hydroxyl groups is 3. The zero-order chi connectivity index (χ0) is 44.6. The first-order valence-electron chi connectivity index (χ1n) is 24.8. The second-order valence-corrected chi connectivity index (χ2v) is 19.5. The molecule has 7 atom stereocenters. The third-order valence-electron chi connectivity index (χ3n) is 14.4. The van der Waals surface area contributed by atoms with Crippen molar-refractivity contribution in [1.82, 2.24) is 15.6 Å². The fraction of sp³-hybridized carbons (Fsp3) is 0.706. The van der Waals surface area contributed by atoms with Crippen molar-refractivity contribution in [3.8, 4) is 11.5 Å². The smallest absolute Gasteiger partial charge is 0.188 e. The van der Waals surface area contributed by atoms with E-state index in [4.69, 9.17) is 20.6 Å². The largest absolute Gasteiger partial charge is 0.504 e. The summed E-state index contributed by atoms with van der Waals surface area (Å²) in [5.41, 5.74) is 17.3. The average molecular weight is 875 g/mol. The van der Waals surface area contributed by atoms with Gasteiger partial charge in [0.1, 0.15) is 24.2 Å². The number of phenolic OH excluding ortho intramolecular Hbond substituents is 1. The van der Waals surface area contributed by atoms with E-state index < -0.39 is 12.2 Å². The lowest BCUT2D eigenvalue weighted by Gasteiger charge is -2.27. The fourth-order valence-electron chi connectivity index (χ4n) is 10.8. The van der Waals surface area contributed by atoms with E-state index in [1.807, 2.05) is 25.1 Å². The van der Waals surface area contributed by atoms with Crippen molar-refractivity contribution in [2.24, 2.45) is 40.1 Å². The molecule has 6 rings (SSSR count). The summed E-state index contributed by atoms with van der Waals surface area (Å²) >= 11 is 0. The van der Waals surface area contributed by atoms with Crippen molar-refractivity contribution < 1.29 is 29.6 Å². The maximum atomic E-state index is 11.3. The molecule has 1 aromatic carbocycles. The number of nitrogens with zero attached hydrogens (tertiary/aromatic N) is 1. The SMILES string of the molecule is CC(O)CNCC1c2cc(C(O)COc3cc(CCc4cc(CO)c(CCCCC(CCN)CCCC(C)CN=C(N)NC5CCCCC5)o4)ccc3O)[nH]c2CCC2CCCC21. The molecule has 0 amide bonds. The average Bonchev–Trinajstić information content (AvgIpc) is 4.02. The summed E-state index contributed by atoms with van der Waals surface area (Å²) in [6, 6.07) is 9.96. The first kappa shape index (κ1) is 48.9. The van der Waals surface area contributed by atoms with Crippen LogP contribution in [0.5, 0.6) is 11.5 Å². The van der Waals surface area contributed by atoms with Crippen LogP contribution in [0.1, 0.15) is 168 Å². The van der Waals surface area contributed by atoms with Gasteiger partial charge in [-0.1, -0.05) is 70.8 Å². The van der Waals surface area contributed by atoms with E-state index in [9.17, 15) is 20.4 Å². The summed E-state index contributed by atoms with van der Waals surface area (Å²) in [7, 11) is 0. The molecule has 11 N–H and O–H groups in total. The molecular weight excluding hydrogens is 793 g/mol. The number of aromatic nitrogens is 1. The van der Waals surface area contributed by atoms with Crippen LogP contribution in [-0.2, 0) is 32.3 Å². The number of aromatic amines is 1. The Morgan fingerprint density at radius 3 is 2.56 bits per heavy atom. The van der Waals surface area contributed by atoms with E-state index in [0.29, 0.717) is 67.4 Å². The Labute approximate surface area is 377 Å². The molecule has 7 unspecified atom stereocenters. The Morgan fingerprint density at radius 2 is 1.76 bits per heavy atom. The molecule has 0 spiro atoms. The third-order valence-corrected chi connectivity index (χ3v) is 14.4. The topological polar surface area (TPSA) is 208 Å². The van der Waals surface area contributed by atoms with Gasteiger partial charge in [0.15, 0.2) is 17.5 Å². The van der Waals surface area contributed by atoms with Gasteiger partial charge >= 0.3 is 0 Å². The second kappa shape index (κ2) is 25.2. The summed E-state index contributed by atoms with van der Waals surface area (Å²) in [4.78, 5) is 8.19. The molecule has 0 bridgehead atoms. The Balaban J connectivity index is 0.930. The van der Waals surface area contributed by atoms with Gasteiger partial charge in [0.05, 0.1) is 12.7 Å². The predicted octanol–water partition coefficient (Wildman–Crippen LogP) is 7.84. The number of hydrogen-bond donors (Lipinski definition) is 9. The summed E-state index contributed by atoms with van der Waals surface area (Å²) in [5.74, 6) is 5.45. The predicted molar refractivity (Wildman–Crippen MR) is 252 cm³/mol. The Morgan fingerprint density at radius 1 is 0.937 bits per heavy atom. The van der Waals surface area contributed by atoms with Gasteiger partial charge in [-0.15, -0.1) is 0 Å². The van der Waals surface area contributed by atoms with Gasteiger partial charge in [0, 0.05) is 61.4 Å². The normalized spacial score (nSPS) is 21.4. The molecule has 0 aliphatic heterocycles. The van der Waals surface area contributed by atoms with Crippen LogP contribution in [0.3, 0.4) is 0 Å². The number of H-pyrrole nitrogens is 1. The minimum absolute atomic E-state index is 0.00479. The Hall–Kier alpha value is -3.55. The molecular formula is C51H82N6O6. The number of nitrogens with two attached hydrogens (primary N) is 2. The molecule has 3 aliphatic rings. The standard InChI is InChI=1S/C51H82N6O6/c1-34(29-55-51(53)56-40-14-4-3-5-15-40)10-8-12-36(24-25-52)11-6-7-17-49-39(32-58)27-41(63-49)21-18-37-19-23-47(60)50(26-37)62-33-48(61)46-28-43-44(31-54-30-35(2)59)42-16-9-13-38(42)20-22-45(43)57-46/h19,23,26-28,34-36,38,40,42,44,48,54,57-61H,3-18,20-22,24-25,29-33,52H2,1-2H3,(H3,53,55,56). The van der Waals surface area contributed by atoms with Crippen LogP contribution in [0.25, 0.3) is 0 Å². The molecule has 3 aromatic rings. The van der Waals surface area contributed by atoms with Gasteiger partial charge in [-0.3, -0.25) is 4.99 Å². The van der Waals surface area contributed by atoms with Crippen LogP contribution >= 0.6 is 0 Å². The summed E-state index contributed by atoms with van der Waals surface area (Å²) in [6.07, 6.45) is 20.8. The number of benzene rings is 1. The zero-order valence-electron chi connectivity index (χ0n) is 38.6. The lowest BCUT2D eigenvalue weighted by molar-refractivity contribution is 0.103. The van der Waals surface area contributed by atoms with Crippen molar-refractivity contribution in [2.75, 3.05) is 32.8 Å². The molecule has 2 heterocycles. The van der Waals surface area contributed by atoms with Crippen LogP contribution in [0.2, 0.25) is 0 Å². The Kier molecular flexibility index (Phi) is 19.6. The van der Waals surface area contributed by atoms with Crippen molar-refractivity contribution in [1.29, 1.82) is 0 Å². The molecule has 0 saturated heterocycles. The van der Waals surface area contributed by atoms with E-state index in [-0.39, 0.29) is 19.0 Å². The van der Waals surface area contributed by atoms with Crippen molar-refractivity contribution in [2.45, 2.75) is 173 Å². The van der Waals surface area contributed by atoms with Gasteiger partial charge in [-0.25, -0.2) is 0 Å². The number of aromatic hydroxyl groups is 1. The van der Waals surface area contributed by atoms with Gasteiger partial charge in [-0.05, 0) is 130 Å². The first-order chi connectivity index (χ1) is 30.6. The van der Waals surface area contributed by atoms with E-state index in [1.54, 1.807) is 6.07 Å². The van der Waals surface area contributed by atoms with Crippen molar-refractivity contribution in [3.05, 3.63) is 69.9 Å². The molecule has 2 saturated carbocycles. The number of nitrogens with one attached hydrogen (secondary N) is 3. The van der Waals surface area contributed by atoms with Crippen LogP contribution in [0.4, 0.5) is 0 Å². The van der Waals surface area contributed by atoms with Crippen LogP contribution in [-0.4, -0.2) is 76.3 Å². The van der Waals surface area contributed by atoms with Crippen LogP contribution in [0, 0.1) is 23.7 Å². The van der Waals surface area contributed by atoms with E-state index in [0.717, 1.165) is 98.7 Å². The van der Waals surface area contributed by atoms with Crippen LogP contribution < -0.4 is 26.8 Å². The van der Waals surface area contributed by atoms with Crippen molar-refractivity contribution in [3.63, 3.8) is 0 Å². The number of phenols is 1. The summed E-state index contributed by atoms with van der Waals surface area (Å²) in [6.45, 7) is 6.89. The highest BCUT2D eigenvalue weighted by molar-refractivity contribution is 5.78. The van der Waals surface area contributed by atoms with E-state index >= 15 is 0 Å². The molecule has 63 heavy (non-hydrogen) atoms. The van der Waals surface area contributed by atoms with Crippen LogP contribution in [0.15, 0.2) is 39.7 Å². The quantitative estimate of drug-likeness (QED) is 0.0217. The molecule has 2 aromatic heterocycles. The van der Waals surface area contributed by atoms with E-state index in [1.165, 1.54) is 75.5 Å². The number of fused-ring (bicyclic) bond motifs is 2. The number of aryl methyl sites for hydroxylation is 4.